The zero-order valence-corrected chi connectivity index (χ0v) is 14.0. The lowest BCUT2D eigenvalue weighted by Crippen LogP contribution is -2.58. The lowest BCUT2D eigenvalue weighted by molar-refractivity contribution is -0.161. The first-order chi connectivity index (χ1) is 10.1. The van der Waals surface area contributed by atoms with E-state index in [9.17, 15) is 4.79 Å². The molecule has 21 heavy (non-hydrogen) atoms. The van der Waals surface area contributed by atoms with Crippen molar-refractivity contribution in [2.75, 3.05) is 32.8 Å². The minimum atomic E-state index is -0.354. The summed E-state index contributed by atoms with van der Waals surface area (Å²) in [5.74, 6) is 1.50. The fraction of sp³-hybridized carbons (Fsp3) is 0.941. The van der Waals surface area contributed by atoms with Crippen LogP contribution < -0.4 is 5.32 Å². The Hall–Kier alpha value is -0.610. The molecule has 122 valence electrons. The smallest absolute Gasteiger partial charge is 0.326 e. The van der Waals surface area contributed by atoms with Gasteiger partial charge in [-0.15, -0.1) is 0 Å². The Bertz CT molecular complexity index is 328. The van der Waals surface area contributed by atoms with Crippen LogP contribution in [0.15, 0.2) is 0 Å². The average Bonchev–Trinajstić information content (AvgIpc) is 2.77. The van der Waals surface area contributed by atoms with Crippen LogP contribution in [-0.4, -0.2) is 49.2 Å². The first kappa shape index (κ1) is 16.8. The van der Waals surface area contributed by atoms with E-state index in [0.717, 1.165) is 70.1 Å². The van der Waals surface area contributed by atoms with Gasteiger partial charge in [0, 0.05) is 19.6 Å². The lowest BCUT2D eigenvalue weighted by Gasteiger charge is -2.46. The van der Waals surface area contributed by atoms with Crippen LogP contribution in [0.1, 0.15) is 52.9 Å². The number of esters is 1. The maximum atomic E-state index is 12.7. The molecule has 0 aromatic rings. The predicted molar refractivity (Wildman–Crippen MR) is 85.2 cm³/mol. The van der Waals surface area contributed by atoms with Crippen LogP contribution in [-0.2, 0) is 9.53 Å². The lowest BCUT2D eigenvalue weighted by atomic mass is 9.72. The molecule has 0 spiro atoms. The van der Waals surface area contributed by atoms with Gasteiger partial charge in [0.1, 0.15) is 5.54 Å². The molecule has 1 heterocycles. The topological polar surface area (TPSA) is 41.6 Å². The third-order valence-electron chi connectivity index (χ3n) is 5.40. The van der Waals surface area contributed by atoms with Gasteiger partial charge in [-0.1, -0.05) is 13.8 Å². The van der Waals surface area contributed by atoms with Crippen LogP contribution in [0.5, 0.6) is 0 Å². The molecule has 0 aromatic heterocycles. The summed E-state index contributed by atoms with van der Waals surface area (Å²) in [6, 6.07) is 0. The number of rotatable bonds is 4. The van der Waals surface area contributed by atoms with E-state index in [1.165, 1.54) is 0 Å². The van der Waals surface area contributed by atoms with Gasteiger partial charge in [-0.25, -0.2) is 0 Å². The molecule has 0 atom stereocenters. The highest BCUT2D eigenvalue weighted by atomic mass is 16.5. The third-order valence-corrected chi connectivity index (χ3v) is 5.40. The summed E-state index contributed by atoms with van der Waals surface area (Å²) in [6.45, 7) is 11.0. The molecule has 1 N–H and O–H groups in total. The number of hydrogen-bond donors (Lipinski definition) is 1. The molecule has 0 aromatic carbocycles. The summed E-state index contributed by atoms with van der Waals surface area (Å²) < 4.78 is 5.47. The molecule has 2 aliphatic rings. The van der Waals surface area contributed by atoms with Gasteiger partial charge in [-0.2, -0.15) is 0 Å². The fourth-order valence-electron chi connectivity index (χ4n) is 3.97. The Morgan fingerprint density at radius 2 is 2.00 bits per heavy atom. The van der Waals surface area contributed by atoms with Crippen molar-refractivity contribution in [1.82, 2.24) is 10.2 Å². The Morgan fingerprint density at radius 1 is 1.29 bits per heavy atom. The molecule has 2 fully saturated rings. The Balaban J connectivity index is 2.13. The van der Waals surface area contributed by atoms with Gasteiger partial charge >= 0.3 is 5.97 Å². The Kier molecular flexibility index (Phi) is 6.06. The summed E-state index contributed by atoms with van der Waals surface area (Å²) >= 11 is 0. The standard InChI is InChI=1S/C17H32N2O2/c1-4-21-16(20)17(19-12-5-10-18-11-13-19)8-6-15(7-9-17)14(2)3/h14-15,18H,4-13H2,1-3H3. The number of hydrogen-bond acceptors (Lipinski definition) is 4. The highest BCUT2D eigenvalue weighted by molar-refractivity contribution is 5.81. The summed E-state index contributed by atoms with van der Waals surface area (Å²) in [7, 11) is 0. The first-order valence-electron chi connectivity index (χ1n) is 8.73. The molecular weight excluding hydrogens is 264 g/mol. The monoisotopic (exact) mass is 296 g/mol. The molecular formula is C17H32N2O2. The SMILES string of the molecule is CCOC(=O)C1(N2CCCNCC2)CCC(C(C)C)CC1. The van der Waals surface area contributed by atoms with Gasteiger partial charge in [-0.3, -0.25) is 9.69 Å². The van der Waals surface area contributed by atoms with Crippen molar-refractivity contribution in [3.63, 3.8) is 0 Å². The second kappa shape index (κ2) is 7.59. The quantitative estimate of drug-likeness (QED) is 0.809. The van der Waals surface area contributed by atoms with Crippen molar-refractivity contribution in [3.8, 4) is 0 Å². The molecule has 4 heteroatoms. The van der Waals surface area contributed by atoms with Crippen molar-refractivity contribution in [1.29, 1.82) is 0 Å². The van der Waals surface area contributed by atoms with Gasteiger partial charge in [0.05, 0.1) is 6.61 Å². The van der Waals surface area contributed by atoms with E-state index >= 15 is 0 Å². The first-order valence-corrected chi connectivity index (χ1v) is 8.73. The molecule has 0 amide bonds. The van der Waals surface area contributed by atoms with Crippen LogP contribution in [0.4, 0.5) is 0 Å². The molecule has 2 rings (SSSR count). The molecule has 0 unspecified atom stereocenters. The normalized spacial score (nSPS) is 31.9. The van der Waals surface area contributed by atoms with Crippen molar-refractivity contribution in [2.24, 2.45) is 11.8 Å². The maximum absolute atomic E-state index is 12.7. The van der Waals surface area contributed by atoms with Crippen molar-refractivity contribution in [2.45, 2.75) is 58.4 Å². The minimum absolute atomic E-state index is 0.0223. The molecule has 1 saturated heterocycles. The number of carbonyl (C=O) groups is 1. The molecule has 1 aliphatic heterocycles. The van der Waals surface area contributed by atoms with E-state index in [1.54, 1.807) is 0 Å². The minimum Gasteiger partial charge on any atom is -0.465 e. The number of carbonyl (C=O) groups excluding carboxylic acids is 1. The molecule has 1 saturated carbocycles. The Morgan fingerprint density at radius 3 is 2.62 bits per heavy atom. The summed E-state index contributed by atoms with van der Waals surface area (Å²) in [6.07, 6.45) is 5.36. The molecule has 4 nitrogen and oxygen atoms in total. The predicted octanol–water partition coefficient (Wildman–Crippen LogP) is 2.43. The van der Waals surface area contributed by atoms with Crippen LogP contribution in [0.2, 0.25) is 0 Å². The third kappa shape index (κ3) is 3.78. The van der Waals surface area contributed by atoms with Crippen molar-refractivity contribution >= 4 is 5.97 Å². The highest BCUT2D eigenvalue weighted by Crippen LogP contribution is 2.40. The van der Waals surface area contributed by atoms with Crippen LogP contribution in [0.25, 0.3) is 0 Å². The number of ether oxygens (including phenoxy) is 1. The zero-order chi connectivity index (χ0) is 15.3. The summed E-state index contributed by atoms with van der Waals surface area (Å²) in [5.41, 5.74) is -0.354. The van der Waals surface area contributed by atoms with E-state index in [1.807, 2.05) is 6.92 Å². The largest absolute Gasteiger partial charge is 0.465 e. The number of nitrogens with zero attached hydrogens (tertiary/aromatic N) is 1. The summed E-state index contributed by atoms with van der Waals surface area (Å²) in [5, 5.41) is 3.44. The maximum Gasteiger partial charge on any atom is 0.326 e. The second-order valence-electron chi connectivity index (χ2n) is 6.92. The van der Waals surface area contributed by atoms with Crippen molar-refractivity contribution in [3.05, 3.63) is 0 Å². The molecule has 1 aliphatic carbocycles. The average molecular weight is 296 g/mol. The fourth-order valence-corrected chi connectivity index (χ4v) is 3.97. The van der Waals surface area contributed by atoms with Gasteiger partial charge in [-0.05, 0) is 57.4 Å². The van der Waals surface area contributed by atoms with Crippen LogP contribution >= 0.6 is 0 Å². The van der Waals surface area contributed by atoms with E-state index in [-0.39, 0.29) is 11.5 Å². The van der Waals surface area contributed by atoms with Gasteiger partial charge in [0.2, 0.25) is 0 Å². The Labute approximate surface area is 129 Å². The van der Waals surface area contributed by atoms with Gasteiger partial charge < -0.3 is 10.1 Å². The van der Waals surface area contributed by atoms with Crippen LogP contribution in [0.3, 0.4) is 0 Å². The number of nitrogens with one attached hydrogen (secondary N) is 1. The summed E-state index contributed by atoms with van der Waals surface area (Å²) in [4.78, 5) is 15.1. The zero-order valence-electron chi connectivity index (χ0n) is 14.0. The van der Waals surface area contributed by atoms with E-state index in [0.29, 0.717) is 6.61 Å². The van der Waals surface area contributed by atoms with Gasteiger partial charge in [0.15, 0.2) is 0 Å². The highest BCUT2D eigenvalue weighted by Gasteiger charge is 2.47. The van der Waals surface area contributed by atoms with Crippen LogP contribution in [0, 0.1) is 11.8 Å². The van der Waals surface area contributed by atoms with E-state index < -0.39 is 0 Å². The molecule has 0 bridgehead atoms. The second-order valence-corrected chi connectivity index (χ2v) is 6.92. The van der Waals surface area contributed by atoms with E-state index in [2.05, 4.69) is 24.1 Å². The van der Waals surface area contributed by atoms with Crippen molar-refractivity contribution < 1.29 is 9.53 Å². The van der Waals surface area contributed by atoms with Gasteiger partial charge in [0.25, 0.3) is 0 Å². The van der Waals surface area contributed by atoms with E-state index in [4.69, 9.17) is 4.74 Å². The molecule has 0 radical (unpaired) electrons.